The zero-order chi connectivity index (χ0) is 23.2. The lowest BCUT2D eigenvalue weighted by atomic mass is 9.81. The van der Waals surface area contributed by atoms with Gasteiger partial charge in [-0.05, 0) is 43.5 Å². The molecule has 0 heterocycles. The molecule has 0 aromatic heterocycles. The summed E-state index contributed by atoms with van der Waals surface area (Å²) < 4.78 is 21.1. The zero-order valence-electron chi connectivity index (χ0n) is 20.2. The van der Waals surface area contributed by atoms with Crippen molar-refractivity contribution < 1.29 is 8.99 Å². The third kappa shape index (κ3) is 6.22. The number of allylic oxidation sites excluding steroid dienone is 1. The Labute approximate surface area is 196 Å². The van der Waals surface area contributed by atoms with Crippen molar-refractivity contribution in [3.8, 4) is 0 Å². The molecule has 0 amide bonds. The van der Waals surface area contributed by atoms with Gasteiger partial charge < -0.3 is 8.99 Å². The maximum absolute atomic E-state index is 14.3. The van der Waals surface area contributed by atoms with E-state index in [-0.39, 0.29) is 6.10 Å². The summed E-state index contributed by atoms with van der Waals surface area (Å²) in [7, 11) is -4.45. The molecule has 0 radical (unpaired) electrons. The van der Waals surface area contributed by atoms with E-state index in [0.717, 1.165) is 23.5 Å². The average Bonchev–Trinajstić information content (AvgIpc) is 2.80. The smallest absolute Gasteiger partial charge is 0.187 e. The molecule has 32 heavy (non-hydrogen) atoms. The van der Waals surface area contributed by atoms with Crippen molar-refractivity contribution in [2.75, 3.05) is 6.16 Å². The SMILES string of the molecule is C=C1[C@H](C)C/C(=C/CP(=O)(c2ccccc2)c2ccccc2)C[C@H]1O[Si](C)(C)CCCC. The van der Waals surface area contributed by atoms with E-state index in [4.69, 9.17) is 4.43 Å². The van der Waals surface area contributed by atoms with Crippen LogP contribution in [0.5, 0.6) is 0 Å². The number of hydrogen-bond acceptors (Lipinski definition) is 2. The second-order valence-electron chi connectivity index (χ2n) is 9.81. The van der Waals surface area contributed by atoms with E-state index in [9.17, 15) is 4.57 Å². The van der Waals surface area contributed by atoms with Crippen LogP contribution in [0.25, 0.3) is 0 Å². The molecule has 0 unspecified atom stereocenters. The first-order valence-electron chi connectivity index (χ1n) is 12.0. The van der Waals surface area contributed by atoms with Gasteiger partial charge in [0.1, 0.15) is 7.14 Å². The molecule has 172 valence electrons. The van der Waals surface area contributed by atoms with Crippen LogP contribution in [0.3, 0.4) is 0 Å². The monoisotopic (exact) mass is 466 g/mol. The van der Waals surface area contributed by atoms with Crippen molar-refractivity contribution in [1.82, 2.24) is 0 Å². The second-order valence-corrected chi connectivity index (χ2v) is 16.9. The summed E-state index contributed by atoms with van der Waals surface area (Å²) in [5.41, 5.74) is 2.59. The lowest BCUT2D eigenvalue weighted by Crippen LogP contribution is -2.39. The van der Waals surface area contributed by atoms with Crippen molar-refractivity contribution >= 4 is 26.1 Å². The van der Waals surface area contributed by atoms with Gasteiger partial charge in [0.05, 0.1) is 6.10 Å². The van der Waals surface area contributed by atoms with Gasteiger partial charge in [0, 0.05) is 16.8 Å². The molecule has 0 bridgehead atoms. The highest BCUT2D eigenvalue weighted by Gasteiger charge is 2.33. The fraction of sp³-hybridized carbons (Fsp3) is 0.429. The molecule has 2 nitrogen and oxygen atoms in total. The van der Waals surface area contributed by atoms with Crippen molar-refractivity contribution in [2.45, 2.75) is 64.8 Å². The third-order valence-electron chi connectivity index (χ3n) is 6.64. The Morgan fingerprint density at radius 3 is 2.12 bits per heavy atom. The normalized spacial score (nSPS) is 21.1. The molecular weight excluding hydrogens is 427 g/mol. The van der Waals surface area contributed by atoms with Crippen LogP contribution in [-0.2, 0) is 8.99 Å². The van der Waals surface area contributed by atoms with Crippen LogP contribution in [0.15, 0.2) is 84.5 Å². The quantitative estimate of drug-likeness (QED) is 0.220. The van der Waals surface area contributed by atoms with Crippen LogP contribution < -0.4 is 10.6 Å². The first kappa shape index (κ1) is 25.0. The molecule has 0 aliphatic heterocycles. The summed E-state index contributed by atoms with van der Waals surface area (Å²) in [4.78, 5) is 0. The molecular formula is C28H39O2PSi. The summed E-state index contributed by atoms with van der Waals surface area (Å²) in [6, 6.07) is 21.1. The molecule has 1 saturated carbocycles. The second kappa shape index (κ2) is 11.0. The van der Waals surface area contributed by atoms with Gasteiger partial charge in [0.2, 0.25) is 0 Å². The highest BCUT2D eigenvalue weighted by Crippen LogP contribution is 2.45. The topological polar surface area (TPSA) is 26.3 Å². The lowest BCUT2D eigenvalue weighted by Gasteiger charge is -2.37. The van der Waals surface area contributed by atoms with E-state index in [1.54, 1.807) is 0 Å². The fourth-order valence-corrected chi connectivity index (χ4v) is 9.45. The van der Waals surface area contributed by atoms with Crippen LogP contribution in [0, 0.1) is 5.92 Å². The predicted molar refractivity (Wildman–Crippen MR) is 142 cm³/mol. The number of rotatable bonds is 9. The van der Waals surface area contributed by atoms with Crippen molar-refractivity contribution in [3.63, 3.8) is 0 Å². The average molecular weight is 467 g/mol. The van der Waals surface area contributed by atoms with Crippen LogP contribution in [0.4, 0.5) is 0 Å². The molecule has 2 aromatic carbocycles. The van der Waals surface area contributed by atoms with Gasteiger partial charge in [-0.2, -0.15) is 0 Å². The van der Waals surface area contributed by atoms with Crippen LogP contribution in [-0.4, -0.2) is 20.6 Å². The van der Waals surface area contributed by atoms with Gasteiger partial charge in [-0.1, -0.05) is 106 Å². The molecule has 2 atom stereocenters. The van der Waals surface area contributed by atoms with Crippen molar-refractivity contribution in [2.24, 2.45) is 5.92 Å². The van der Waals surface area contributed by atoms with Gasteiger partial charge in [-0.15, -0.1) is 0 Å². The van der Waals surface area contributed by atoms with Gasteiger partial charge in [-0.25, -0.2) is 0 Å². The van der Waals surface area contributed by atoms with E-state index in [1.165, 1.54) is 30.0 Å². The standard InChI is InChI=1S/C28H39O2PSi/c1-6-7-20-32(4,5)30-28-22-25(21-23(2)24(28)3)18-19-31(29,26-14-10-8-11-15-26)27-16-12-9-13-17-27/h8-18,23,28H,3,6-7,19-22H2,1-2,4-5H3/b25-18-/t23-,28-/m1/s1. The Morgan fingerprint density at radius 1 is 1.03 bits per heavy atom. The molecule has 0 N–H and O–H groups in total. The minimum absolute atomic E-state index is 0.0939. The van der Waals surface area contributed by atoms with Crippen molar-refractivity contribution in [3.05, 3.63) is 84.5 Å². The van der Waals surface area contributed by atoms with E-state index < -0.39 is 15.5 Å². The summed E-state index contributed by atoms with van der Waals surface area (Å²) in [6.07, 6.45) is 7.21. The Hall–Kier alpha value is -1.67. The van der Waals surface area contributed by atoms with Crippen LogP contribution in [0.1, 0.15) is 39.5 Å². The maximum atomic E-state index is 14.3. The molecule has 2 aromatic rings. The van der Waals surface area contributed by atoms with Crippen LogP contribution in [0.2, 0.25) is 19.1 Å². The molecule has 1 aliphatic rings. The number of unbranched alkanes of at least 4 members (excludes halogenated alkanes) is 1. The fourth-order valence-electron chi connectivity index (χ4n) is 4.58. The molecule has 4 heteroatoms. The first-order chi connectivity index (χ1) is 15.2. The lowest BCUT2D eigenvalue weighted by molar-refractivity contribution is 0.199. The van der Waals surface area contributed by atoms with Gasteiger partial charge >= 0.3 is 0 Å². The first-order valence-corrected chi connectivity index (χ1v) is 17.0. The molecule has 0 spiro atoms. The zero-order valence-corrected chi connectivity index (χ0v) is 22.1. The summed E-state index contributed by atoms with van der Waals surface area (Å²) in [5, 5.41) is 1.86. The van der Waals surface area contributed by atoms with E-state index in [2.05, 4.69) is 39.6 Å². The summed E-state index contributed by atoms with van der Waals surface area (Å²) in [5.74, 6) is 0.392. The van der Waals surface area contributed by atoms with Gasteiger partial charge in [0.25, 0.3) is 0 Å². The minimum atomic E-state index is -2.73. The predicted octanol–water partition coefficient (Wildman–Crippen LogP) is 7.30. The number of benzene rings is 2. The Bertz CT molecular complexity index is 922. The summed E-state index contributed by atoms with van der Waals surface area (Å²) in [6.45, 7) is 13.5. The van der Waals surface area contributed by atoms with Gasteiger partial charge in [0.15, 0.2) is 8.32 Å². The van der Waals surface area contributed by atoms with E-state index in [0.29, 0.717) is 12.1 Å². The highest BCUT2D eigenvalue weighted by molar-refractivity contribution is 7.78. The molecule has 1 fully saturated rings. The minimum Gasteiger partial charge on any atom is -0.410 e. The Balaban J connectivity index is 1.84. The van der Waals surface area contributed by atoms with E-state index in [1.807, 2.05) is 60.7 Å². The molecule has 3 rings (SSSR count). The Kier molecular flexibility index (Phi) is 8.55. The largest absolute Gasteiger partial charge is 0.410 e. The van der Waals surface area contributed by atoms with E-state index >= 15 is 0 Å². The highest BCUT2D eigenvalue weighted by atomic mass is 31.2. The molecule has 1 aliphatic carbocycles. The van der Waals surface area contributed by atoms with Crippen LogP contribution >= 0.6 is 7.14 Å². The Morgan fingerprint density at radius 2 is 1.59 bits per heavy atom. The third-order valence-corrected chi connectivity index (χ3v) is 12.1. The molecule has 0 saturated heterocycles. The summed E-state index contributed by atoms with van der Waals surface area (Å²) >= 11 is 0. The number of hydrogen-bond donors (Lipinski definition) is 0. The van der Waals surface area contributed by atoms with Gasteiger partial charge in [-0.3, -0.25) is 0 Å². The maximum Gasteiger partial charge on any atom is 0.187 e. The van der Waals surface area contributed by atoms with Crippen molar-refractivity contribution in [1.29, 1.82) is 0 Å².